The van der Waals surface area contributed by atoms with Crippen LogP contribution >= 0.6 is 0 Å². The third-order valence-electron chi connectivity index (χ3n) is 6.49. The van der Waals surface area contributed by atoms with Crippen molar-refractivity contribution in [3.63, 3.8) is 0 Å². The van der Waals surface area contributed by atoms with E-state index in [1.54, 1.807) is 0 Å². The van der Waals surface area contributed by atoms with E-state index in [9.17, 15) is 23.2 Å². The van der Waals surface area contributed by atoms with Gasteiger partial charge in [-0.2, -0.15) is 8.78 Å². The Hall–Kier alpha value is -3.49. The van der Waals surface area contributed by atoms with Crippen molar-refractivity contribution in [2.24, 2.45) is 5.41 Å². The van der Waals surface area contributed by atoms with Crippen LogP contribution in [0.3, 0.4) is 0 Å². The Kier molecular flexibility index (Phi) is 6.05. The number of benzene rings is 2. The molecule has 0 heterocycles. The zero-order valence-corrected chi connectivity index (χ0v) is 17.8. The summed E-state index contributed by atoms with van der Waals surface area (Å²) < 4.78 is 32.0. The number of aliphatic carboxylic acids is 1. The lowest BCUT2D eigenvalue weighted by molar-refractivity contribution is -0.164. The second kappa shape index (κ2) is 8.80. The first kappa shape index (κ1) is 22.7. The van der Waals surface area contributed by atoms with Crippen molar-refractivity contribution < 1.29 is 33.0 Å². The minimum atomic E-state index is -4.05. The molecule has 2 aromatic carbocycles. The van der Waals surface area contributed by atoms with Crippen LogP contribution in [-0.2, 0) is 14.3 Å². The number of carbonyl (C=O) groups is 3. The maximum absolute atomic E-state index is 13.3. The molecule has 3 N–H and O–H groups in total. The van der Waals surface area contributed by atoms with Crippen LogP contribution in [0.25, 0.3) is 11.1 Å². The fourth-order valence-corrected chi connectivity index (χ4v) is 4.43. The highest BCUT2D eigenvalue weighted by Crippen LogP contribution is 2.44. The van der Waals surface area contributed by atoms with Crippen LogP contribution in [0.4, 0.5) is 13.6 Å². The standard InChI is InChI=1S/C24H24F2N2O5/c25-24(26,21(30)31)14-27-20(29)23(10-5-11-23)13-28-22(32)33-12-19-17-8-3-1-6-15(17)16-7-2-4-9-18(16)19/h1-4,6-9,19H,5,10-14H2,(H,27,29)(H,28,32)(H,30,31). The van der Waals surface area contributed by atoms with Gasteiger partial charge in [-0.05, 0) is 35.1 Å². The Labute approximate surface area is 189 Å². The number of amides is 2. The maximum Gasteiger partial charge on any atom is 0.407 e. The van der Waals surface area contributed by atoms with Gasteiger partial charge in [-0.1, -0.05) is 55.0 Å². The number of carboxylic acid groups (broad SMARTS) is 1. The van der Waals surface area contributed by atoms with Crippen LogP contribution in [0, 0.1) is 5.41 Å². The van der Waals surface area contributed by atoms with E-state index in [2.05, 4.69) is 5.32 Å². The van der Waals surface area contributed by atoms with Gasteiger partial charge in [-0.15, -0.1) is 0 Å². The van der Waals surface area contributed by atoms with Crippen molar-refractivity contribution in [1.82, 2.24) is 10.6 Å². The molecule has 2 aliphatic rings. The van der Waals surface area contributed by atoms with Crippen molar-refractivity contribution >= 4 is 18.0 Å². The molecule has 0 bridgehead atoms. The van der Waals surface area contributed by atoms with Gasteiger partial charge in [0.25, 0.3) is 0 Å². The second-order valence-corrected chi connectivity index (χ2v) is 8.51. The Morgan fingerprint density at radius 1 is 1.00 bits per heavy atom. The van der Waals surface area contributed by atoms with Crippen LogP contribution in [-0.4, -0.2) is 48.7 Å². The summed E-state index contributed by atoms with van der Waals surface area (Å²) in [5.74, 6) is -7.17. The zero-order valence-electron chi connectivity index (χ0n) is 17.8. The molecule has 2 amide bonds. The summed E-state index contributed by atoms with van der Waals surface area (Å²) in [6, 6.07) is 15.9. The molecule has 0 aliphatic heterocycles. The predicted octanol–water partition coefficient (Wildman–Crippen LogP) is 3.53. The quantitative estimate of drug-likeness (QED) is 0.561. The highest BCUT2D eigenvalue weighted by Gasteiger charge is 2.46. The topological polar surface area (TPSA) is 105 Å². The van der Waals surface area contributed by atoms with E-state index in [1.165, 1.54) is 0 Å². The van der Waals surface area contributed by atoms with Gasteiger partial charge in [-0.25, -0.2) is 9.59 Å². The third-order valence-corrected chi connectivity index (χ3v) is 6.49. The van der Waals surface area contributed by atoms with E-state index in [0.29, 0.717) is 19.3 Å². The molecule has 0 unspecified atom stereocenters. The van der Waals surface area contributed by atoms with Gasteiger partial charge in [0.1, 0.15) is 6.61 Å². The summed E-state index contributed by atoms with van der Waals surface area (Å²) in [7, 11) is 0. The van der Waals surface area contributed by atoms with Crippen LogP contribution in [0.15, 0.2) is 48.5 Å². The van der Waals surface area contributed by atoms with Gasteiger partial charge in [-0.3, -0.25) is 4.79 Å². The molecule has 0 spiro atoms. The molecule has 1 saturated carbocycles. The lowest BCUT2D eigenvalue weighted by atomic mass is 9.68. The average Bonchev–Trinajstić information content (AvgIpc) is 3.09. The van der Waals surface area contributed by atoms with Gasteiger partial charge in [0.15, 0.2) is 0 Å². The average molecular weight is 458 g/mol. The molecule has 1 fully saturated rings. The highest BCUT2D eigenvalue weighted by molar-refractivity contribution is 5.85. The number of rotatable bonds is 8. The van der Waals surface area contributed by atoms with Gasteiger partial charge in [0, 0.05) is 12.5 Å². The Bertz CT molecular complexity index is 1040. The number of halogens is 2. The summed E-state index contributed by atoms with van der Waals surface area (Å²) in [5.41, 5.74) is 3.30. The van der Waals surface area contributed by atoms with Gasteiger partial charge in [0.05, 0.1) is 12.0 Å². The summed E-state index contributed by atoms with van der Waals surface area (Å²) in [6.07, 6.45) is 0.809. The molecule has 0 radical (unpaired) electrons. The molecular weight excluding hydrogens is 434 g/mol. The lowest BCUT2D eigenvalue weighted by Gasteiger charge is -2.40. The zero-order chi connectivity index (χ0) is 23.6. The van der Waals surface area contributed by atoms with E-state index in [-0.39, 0.29) is 19.1 Å². The van der Waals surface area contributed by atoms with Gasteiger partial charge >= 0.3 is 18.0 Å². The van der Waals surface area contributed by atoms with Crippen molar-refractivity contribution in [3.05, 3.63) is 59.7 Å². The molecular formula is C24H24F2N2O5. The van der Waals surface area contributed by atoms with Crippen molar-refractivity contribution in [1.29, 1.82) is 0 Å². The number of hydrogen-bond acceptors (Lipinski definition) is 4. The molecule has 0 aromatic heterocycles. The van der Waals surface area contributed by atoms with E-state index in [1.807, 2.05) is 53.8 Å². The molecule has 2 aliphatic carbocycles. The number of alkyl halides is 2. The van der Waals surface area contributed by atoms with Gasteiger partial charge in [0.2, 0.25) is 5.91 Å². The van der Waals surface area contributed by atoms with Crippen LogP contribution in [0.5, 0.6) is 0 Å². The van der Waals surface area contributed by atoms with Crippen molar-refractivity contribution in [2.75, 3.05) is 19.7 Å². The predicted molar refractivity (Wildman–Crippen MR) is 115 cm³/mol. The smallest absolute Gasteiger partial charge is 0.407 e. The van der Waals surface area contributed by atoms with Crippen LogP contribution < -0.4 is 10.6 Å². The molecule has 174 valence electrons. The first-order valence-corrected chi connectivity index (χ1v) is 10.7. The number of nitrogens with one attached hydrogen (secondary N) is 2. The minimum absolute atomic E-state index is 0.0752. The van der Waals surface area contributed by atoms with E-state index in [4.69, 9.17) is 9.84 Å². The number of fused-ring (bicyclic) bond motifs is 3. The summed E-state index contributed by atoms with van der Waals surface area (Å²) >= 11 is 0. The molecule has 7 nitrogen and oxygen atoms in total. The number of carboxylic acids is 1. The van der Waals surface area contributed by atoms with E-state index >= 15 is 0 Å². The van der Waals surface area contributed by atoms with Crippen molar-refractivity contribution in [3.8, 4) is 11.1 Å². The molecule has 0 atom stereocenters. The second-order valence-electron chi connectivity index (χ2n) is 8.51. The molecule has 9 heteroatoms. The van der Waals surface area contributed by atoms with E-state index in [0.717, 1.165) is 22.3 Å². The largest absolute Gasteiger partial charge is 0.477 e. The first-order chi connectivity index (χ1) is 15.7. The fraction of sp³-hybridized carbons (Fsp3) is 0.375. The maximum atomic E-state index is 13.3. The fourth-order valence-electron chi connectivity index (χ4n) is 4.43. The number of carbonyl (C=O) groups excluding carboxylic acids is 2. The summed E-state index contributed by atoms with van der Waals surface area (Å²) in [4.78, 5) is 35.4. The highest BCUT2D eigenvalue weighted by atomic mass is 19.3. The van der Waals surface area contributed by atoms with E-state index < -0.39 is 35.9 Å². The van der Waals surface area contributed by atoms with Crippen LogP contribution in [0.1, 0.15) is 36.3 Å². The summed E-state index contributed by atoms with van der Waals surface area (Å²) in [6.45, 7) is -1.26. The molecule has 4 rings (SSSR count). The molecule has 0 saturated heterocycles. The monoisotopic (exact) mass is 458 g/mol. The van der Waals surface area contributed by atoms with Gasteiger partial charge < -0.3 is 20.5 Å². The molecule has 33 heavy (non-hydrogen) atoms. The Morgan fingerprint density at radius 3 is 2.09 bits per heavy atom. The minimum Gasteiger partial charge on any atom is -0.477 e. The lowest BCUT2D eigenvalue weighted by Crippen LogP contribution is -2.55. The normalized spacial score (nSPS) is 16.2. The summed E-state index contributed by atoms with van der Waals surface area (Å²) in [5, 5.41) is 13.1. The number of ether oxygens (including phenoxy) is 1. The molecule has 2 aromatic rings. The number of alkyl carbamates (subject to hydrolysis) is 1. The third kappa shape index (κ3) is 4.40. The Balaban J connectivity index is 1.33. The number of hydrogen-bond donors (Lipinski definition) is 3. The SMILES string of the molecule is O=C(NCC1(C(=O)NCC(F)(F)C(=O)O)CCC1)OCC1c2ccccc2-c2ccccc21. The Morgan fingerprint density at radius 2 is 1.58 bits per heavy atom. The first-order valence-electron chi connectivity index (χ1n) is 10.7. The van der Waals surface area contributed by atoms with Crippen molar-refractivity contribution in [2.45, 2.75) is 31.1 Å². The van der Waals surface area contributed by atoms with Crippen LogP contribution in [0.2, 0.25) is 0 Å².